The lowest BCUT2D eigenvalue weighted by Gasteiger charge is -2.23. The molecule has 2 N–H and O–H groups in total. The van der Waals surface area contributed by atoms with Crippen LogP contribution in [0.25, 0.3) is 10.9 Å². The van der Waals surface area contributed by atoms with Gasteiger partial charge in [-0.3, -0.25) is 4.79 Å². The summed E-state index contributed by atoms with van der Waals surface area (Å²) in [6, 6.07) is 18.3. The van der Waals surface area contributed by atoms with E-state index in [1.54, 1.807) is 30.3 Å². The monoisotopic (exact) mass is 459 g/mol. The van der Waals surface area contributed by atoms with Crippen LogP contribution in [-0.4, -0.2) is 22.7 Å². The van der Waals surface area contributed by atoms with Gasteiger partial charge in [0, 0.05) is 12.1 Å². The maximum Gasteiger partial charge on any atom is 0.322 e. The summed E-state index contributed by atoms with van der Waals surface area (Å²) in [6.45, 7) is 2.25. The Labute approximate surface area is 194 Å². The molecule has 0 radical (unpaired) electrons. The number of ether oxygens (including phenoxy) is 2. The molecule has 1 aliphatic heterocycles. The highest BCUT2D eigenvalue weighted by Gasteiger charge is 2.20. The molecule has 0 spiro atoms. The Kier molecular flexibility index (Phi) is 5.63. The SMILES string of the molecule is Cc1cccc2cc(CN(Cc3ccc4c(c3)OCO4)C(=O)Nc3ccccc3F)c(=O)[nH]c12. The average molecular weight is 459 g/mol. The Morgan fingerprint density at radius 1 is 1.03 bits per heavy atom. The van der Waals surface area contributed by atoms with Gasteiger partial charge in [0.25, 0.3) is 5.56 Å². The van der Waals surface area contributed by atoms with Crippen LogP contribution >= 0.6 is 0 Å². The fraction of sp³-hybridized carbons (Fsp3) is 0.154. The molecule has 4 aromatic rings. The molecule has 0 saturated carbocycles. The van der Waals surface area contributed by atoms with Crippen LogP contribution in [-0.2, 0) is 13.1 Å². The summed E-state index contributed by atoms with van der Waals surface area (Å²) in [5.41, 5.74) is 2.69. The molecule has 1 aliphatic rings. The van der Waals surface area contributed by atoms with Crippen LogP contribution in [0.4, 0.5) is 14.9 Å². The van der Waals surface area contributed by atoms with E-state index in [4.69, 9.17) is 9.47 Å². The first-order chi connectivity index (χ1) is 16.5. The van der Waals surface area contributed by atoms with Gasteiger partial charge < -0.3 is 24.7 Å². The topological polar surface area (TPSA) is 83.7 Å². The Hall–Kier alpha value is -4.33. The predicted octanol–water partition coefficient (Wildman–Crippen LogP) is 4.94. The number of amides is 2. The van der Waals surface area contributed by atoms with Gasteiger partial charge in [-0.2, -0.15) is 0 Å². The minimum atomic E-state index is -0.544. The zero-order valence-corrected chi connectivity index (χ0v) is 18.4. The fourth-order valence-corrected chi connectivity index (χ4v) is 3.97. The first kappa shape index (κ1) is 21.5. The van der Waals surface area contributed by atoms with Crippen molar-refractivity contribution in [2.24, 2.45) is 0 Å². The zero-order chi connectivity index (χ0) is 23.7. The van der Waals surface area contributed by atoms with Crippen LogP contribution in [0.2, 0.25) is 0 Å². The standard InChI is InChI=1S/C26H22FN3O4/c1-16-5-4-6-18-12-19(25(31)29-24(16)18)14-30(26(32)28-21-8-3-2-7-20(21)27)13-17-9-10-22-23(11-17)34-15-33-22/h2-12H,13-15H2,1H3,(H,28,32)(H,29,31). The van der Waals surface area contributed by atoms with Crippen LogP contribution in [0.3, 0.4) is 0 Å². The molecule has 0 atom stereocenters. The number of halogens is 1. The highest BCUT2D eigenvalue weighted by Crippen LogP contribution is 2.33. The van der Waals surface area contributed by atoms with E-state index in [1.807, 2.05) is 31.2 Å². The third-order valence-corrected chi connectivity index (χ3v) is 5.74. The number of carbonyl (C=O) groups excluding carboxylic acids is 1. The summed E-state index contributed by atoms with van der Waals surface area (Å²) >= 11 is 0. The van der Waals surface area contributed by atoms with E-state index in [-0.39, 0.29) is 31.1 Å². The van der Waals surface area contributed by atoms with Gasteiger partial charge in [-0.05, 0) is 53.8 Å². The Morgan fingerprint density at radius 2 is 1.85 bits per heavy atom. The molecule has 7 nitrogen and oxygen atoms in total. The van der Waals surface area contributed by atoms with Crippen molar-refractivity contribution < 1.29 is 18.7 Å². The fourth-order valence-electron chi connectivity index (χ4n) is 3.97. The van der Waals surface area contributed by atoms with Crippen molar-refractivity contribution in [3.05, 3.63) is 99.6 Å². The summed E-state index contributed by atoms with van der Waals surface area (Å²) in [5, 5.41) is 3.48. The van der Waals surface area contributed by atoms with Crippen molar-refractivity contribution >= 4 is 22.6 Å². The Balaban J connectivity index is 1.48. The first-order valence-corrected chi connectivity index (χ1v) is 10.8. The van der Waals surface area contributed by atoms with Crippen molar-refractivity contribution in [3.63, 3.8) is 0 Å². The highest BCUT2D eigenvalue weighted by molar-refractivity contribution is 5.89. The van der Waals surface area contributed by atoms with E-state index in [0.29, 0.717) is 17.1 Å². The normalized spacial score (nSPS) is 12.1. The van der Waals surface area contributed by atoms with Crippen LogP contribution in [0.5, 0.6) is 11.5 Å². The number of pyridine rings is 1. The maximum absolute atomic E-state index is 14.2. The van der Waals surface area contributed by atoms with Gasteiger partial charge >= 0.3 is 6.03 Å². The number of urea groups is 1. The number of fused-ring (bicyclic) bond motifs is 2. The molecule has 2 heterocycles. The van der Waals surface area contributed by atoms with Gasteiger partial charge in [-0.1, -0.05) is 36.4 Å². The summed E-state index contributed by atoms with van der Waals surface area (Å²) in [5.74, 6) is 0.677. The molecular formula is C26H22FN3O4. The van der Waals surface area contributed by atoms with E-state index >= 15 is 0 Å². The van der Waals surface area contributed by atoms with Crippen molar-refractivity contribution in [1.82, 2.24) is 9.88 Å². The molecule has 8 heteroatoms. The number of carbonyl (C=O) groups is 1. The zero-order valence-electron chi connectivity index (χ0n) is 18.4. The lowest BCUT2D eigenvalue weighted by Crippen LogP contribution is -2.36. The van der Waals surface area contributed by atoms with Gasteiger partial charge in [0.15, 0.2) is 11.5 Å². The van der Waals surface area contributed by atoms with Gasteiger partial charge in [0.05, 0.1) is 17.7 Å². The number of para-hydroxylation sites is 2. The third-order valence-electron chi connectivity index (χ3n) is 5.74. The van der Waals surface area contributed by atoms with Gasteiger partial charge in [0.2, 0.25) is 6.79 Å². The lowest BCUT2D eigenvalue weighted by molar-refractivity contribution is 0.174. The van der Waals surface area contributed by atoms with Gasteiger partial charge in [-0.25, -0.2) is 9.18 Å². The number of nitrogens with one attached hydrogen (secondary N) is 2. The number of H-pyrrole nitrogens is 1. The Bertz CT molecular complexity index is 1450. The highest BCUT2D eigenvalue weighted by atomic mass is 19.1. The summed E-state index contributed by atoms with van der Waals surface area (Å²) in [4.78, 5) is 30.4. The number of aromatic amines is 1. The molecule has 34 heavy (non-hydrogen) atoms. The number of rotatable bonds is 5. The molecule has 2 amide bonds. The van der Waals surface area contributed by atoms with Gasteiger partial charge in [0.1, 0.15) is 5.82 Å². The molecule has 1 aromatic heterocycles. The Morgan fingerprint density at radius 3 is 2.71 bits per heavy atom. The summed E-state index contributed by atoms with van der Waals surface area (Å²) in [7, 11) is 0. The first-order valence-electron chi connectivity index (χ1n) is 10.8. The summed E-state index contributed by atoms with van der Waals surface area (Å²) in [6.07, 6.45) is 0. The molecule has 0 unspecified atom stereocenters. The van der Waals surface area contributed by atoms with Gasteiger partial charge in [-0.15, -0.1) is 0 Å². The van der Waals surface area contributed by atoms with E-state index in [9.17, 15) is 14.0 Å². The third kappa shape index (κ3) is 4.30. The predicted molar refractivity (Wildman–Crippen MR) is 127 cm³/mol. The van der Waals surface area contributed by atoms with Crippen molar-refractivity contribution in [3.8, 4) is 11.5 Å². The second kappa shape index (κ2) is 8.90. The van der Waals surface area contributed by atoms with E-state index in [1.165, 1.54) is 17.0 Å². The number of nitrogens with zero attached hydrogens (tertiary/aromatic N) is 1. The molecule has 0 aliphatic carbocycles. The van der Waals surface area contributed by atoms with Crippen molar-refractivity contribution in [2.75, 3.05) is 12.1 Å². The minimum absolute atomic E-state index is 0.0218. The molecular weight excluding hydrogens is 437 g/mol. The maximum atomic E-state index is 14.2. The van der Waals surface area contributed by atoms with Crippen LogP contribution in [0.15, 0.2) is 71.5 Å². The minimum Gasteiger partial charge on any atom is -0.454 e. The molecule has 3 aromatic carbocycles. The van der Waals surface area contributed by atoms with Crippen LogP contribution < -0.4 is 20.3 Å². The van der Waals surface area contributed by atoms with E-state index in [0.717, 1.165) is 22.0 Å². The second-order valence-corrected chi connectivity index (χ2v) is 8.12. The van der Waals surface area contributed by atoms with Crippen molar-refractivity contribution in [2.45, 2.75) is 20.0 Å². The molecule has 0 fully saturated rings. The molecule has 0 saturated heterocycles. The quantitative estimate of drug-likeness (QED) is 0.443. The molecule has 172 valence electrons. The number of aryl methyl sites for hydroxylation is 1. The van der Waals surface area contributed by atoms with E-state index < -0.39 is 11.8 Å². The number of anilines is 1. The molecule has 0 bridgehead atoms. The number of hydrogen-bond acceptors (Lipinski definition) is 4. The summed E-state index contributed by atoms with van der Waals surface area (Å²) < 4.78 is 25.0. The lowest BCUT2D eigenvalue weighted by atomic mass is 10.1. The van der Waals surface area contributed by atoms with Crippen molar-refractivity contribution in [1.29, 1.82) is 0 Å². The van der Waals surface area contributed by atoms with E-state index in [2.05, 4.69) is 10.3 Å². The second-order valence-electron chi connectivity index (χ2n) is 8.12. The molecule has 5 rings (SSSR count). The number of hydrogen-bond donors (Lipinski definition) is 2. The van der Waals surface area contributed by atoms with Crippen LogP contribution in [0.1, 0.15) is 16.7 Å². The number of aromatic nitrogens is 1. The number of benzene rings is 3. The average Bonchev–Trinajstić information content (AvgIpc) is 3.29. The largest absolute Gasteiger partial charge is 0.454 e. The van der Waals surface area contributed by atoms with Crippen LogP contribution in [0, 0.1) is 12.7 Å². The smallest absolute Gasteiger partial charge is 0.322 e.